The minimum atomic E-state index is -1.29. The SMILES string of the molecule is CC1(C)O[C@H]2O[C@H]([C@H](N=[N+]=[N-])[C@@H](O)CO)[C@H](OCc3ccccc3)[C@H]2O1. The first-order chi connectivity index (χ1) is 12.4. The third-order valence-electron chi connectivity index (χ3n) is 4.42. The number of fused-ring (bicyclic) bond motifs is 1. The van der Waals surface area contributed by atoms with Gasteiger partial charge in [0.25, 0.3) is 0 Å². The van der Waals surface area contributed by atoms with E-state index in [1.54, 1.807) is 13.8 Å². The summed E-state index contributed by atoms with van der Waals surface area (Å²) < 4.78 is 23.5. The normalized spacial score (nSPS) is 31.8. The molecule has 9 nitrogen and oxygen atoms in total. The maximum absolute atomic E-state index is 10.0. The van der Waals surface area contributed by atoms with Gasteiger partial charge in [-0.25, -0.2) is 0 Å². The highest BCUT2D eigenvalue weighted by Gasteiger charge is 2.57. The molecule has 0 spiro atoms. The predicted molar refractivity (Wildman–Crippen MR) is 89.7 cm³/mol. The quantitative estimate of drug-likeness (QED) is 0.428. The first-order valence-corrected chi connectivity index (χ1v) is 8.45. The maximum atomic E-state index is 10.0. The summed E-state index contributed by atoms with van der Waals surface area (Å²) in [6.45, 7) is 3.25. The molecule has 9 heteroatoms. The summed E-state index contributed by atoms with van der Waals surface area (Å²) in [5.74, 6) is -0.835. The van der Waals surface area contributed by atoms with Crippen LogP contribution in [0.15, 0.2) is 35.4 Å². The van der Waals surface area contributed by atoms with Crippen molar-refractivity contribution in [2.45, 2.75) is 63.0 Å². The summed E-state index contributed by atoms with van der Waals surface area (Å²) in [7, 11) is 0. The van der Waals surface area contributed by atoms with E-state index < -0.39 is 49.1 Å². The molecule has 0 bridgehead atoms. The Hall–Kier alpha value is -1.71. The van der Waals surface area contributed by atoms with Crippen LogP contribution < -0.4 is 0 Å². The first-order valence-electron chi connectivity index (χ1n) is 8.45. The monoisotopic (exact) mass is 365 g/mol. The Morgan fingerprint density at radius 2 is 2.04 bits per heavy atom. The van der Waals surface area contributed by atoms with Gasteiger partial charge in [-0.2, -0.15) is 0 Å². The molecule has 0 aromatic heterocycles. The van der Waals surface area contributed by atoms with Gasteiger partial charge in [-0.05, 0) is 24.9 Å². The zero-order valence-electron chi connectivity index (χ0n) is 14.6. The number of ether oxygens (including phenoxy) is 4. The number of aliphatic hydroxyl groups is 2. The van der Waals surface area contributed by atoms with Gasteiger partial charge < -0.3 is 29.2 Å². The van der Waals surface area contributed by atoms with Crippen LogP contribution in [0.1, 0.15) is 19.4 Å². The second-order valence-corrected chi connectivity index (χ2v) is 6.78. The highest BCUT2D eigenvalue weighted by Crippen LogP contribution is 2.40. The molecular weight excluding hydrogens is 342 g/mol. The second kappa shape index (κ2) is 7.89. The smallest absolute Gasteiger partial charge is 0.190 e. The Morgan fingerprint density at radius 3 is 2.69 bits per heavy atom. The van der Waals surface area contributed by atoms with Crippen LogP contribution in [0.4, 0.5) is 0 Å². The Balaban J connectivity index is 1.81. The molecule has 142 valence electrons. The van der Waals surface area contributed by atoms with Crippen molar-refractivity contribution in [1.29, 1.82) is 0 Å². The van der Waals surface area contributed by atoms with Crippen LogP contribution in [0.3, 0.4) is 0 Å². The van der Waals surface area contributed by atoms with E-state index in [1.807, 2.05) is 30.3 Å². The van der Waals surface area contributed by atoms with Gasteiger partial charge in [0.2, 0.25) is 0 Å². The molecule has 2 heterocycles. The number of hydrogen-bond acceptors (Lipinski definition) is 7. The average Bonchev–Trinajstić information content (AvgIpc) is 3.09. The summed E-state index contributed by atoms with van der Waals surface area (Å²) in [5.41, 5.74) is 9.78. The van der Waals surface area contributed by atoms with Crippen molar-refractivity contribution < 1.29 is 29.2 Å². The van der Waals surface area contributed by atoms with Gasteiger partial charge in [-0.3, -0.25) is 0 Å². The lowest BCUT2D eigenvalue weighted by Gasteiger charge is -2.30. The molecule has 2 aliphatic heterocycles. The van der Waals surface area contributed by atoms with Crippen LogP contribution >= 0.6 is 0 Å². The minimum absolute atomic E-state index is 0.288. The summed E-state index contributed by atoms with van der Waals surface area (Å²) in [4.78, 5) is 2.76. The molecule has 2 saturated heterocycles. The van der Waals surface area contributed by atoms with E-state index >= 15 is 0 Å². The molecule has 3 rings (SSSR count). The summed E-state index contributed by atoms with van der Waals surface area (Å²) >= 11 is 0. The number of azide groups is 1. The van der Waals surface area contributed by atoms with Crippen LogP contribution in [0.5, 0.6) is 0 Å². The molecule has 0 amide bonds. The fourth-order valence-corrected chi connectivity index (χ4v) is 3.26. The van der Waals surface area contributed by atoms with E-state index in [-0.39, 0.29) is 6.61 Å². The zero-order chi connectivity index (χ0) is 18.7. The number of benzene rings is 1. The number of rotatable bonds is 7. The third kappa shape index (κ3) is 3.99. The van der Waals surface area contributed by atoms with Crippen LogP contribution in [-0.2, 0) is 25.6 Å². The Bertz CT molecular complexity index is 651. The topological polar surface area (TPSA) is 126 Å². The lowest BCUT2D eigenvalue weighted by atomic mass is 9.99. The van der Waals surface area contributed by atoms with Crippen LogP contribution in [0.2, 0.25) is 0 Å². The summed E-state index contributed by atoms with van der Waals surface area (Å²) in [6.07, 6.45) is -3.99. The molecule has 1 aromatic rings. The molecule has 26 heavy (non-hydrogen) atoms. The largest absolute Gasteiger partial charge is 0.394 e. The average molecular weight is 365 g/mol. The maximum Gasteiger partial charge on any atom is 0.190 e. The minimum Gasteiger partial charge on any atom is -0.394 e. The summed E-state index contributed by atoms with van der Waals surface area (Å²) in [5, 5.41) is 22.9. The Labute approximate surface area is 151 Å². The van der Waals surface area contributed by atoms with Crippen molar-refractivity contribution in [3.8, 4) is 0 Å². The van der Waals surface area contributed by atoms with Crippen LogP contribution in [0, 0.1) is 0 Å². The van der Waals surface area contributed by atoms with Crippen molar-refractivity contribution in [1.82, 2.24) is 0 Å². The molecule has 0 aliphatic carbocycles. The molecule has 2 fully saturated rings. The van der Waals surface area contributed by atoms with Crippen LogP contribution in [0.25, 0.3) is 10.4 Å². The van der Waals surface area contributed by atoms with E-state index in [1.165, 1.54) is 0 Å². The molecule has 2 N–H and O–H groups in total. The molecule has 0 radical (unpaired) electrons. The van der Waals surface area contributed by atoms with E-state index in [2.05, 4.69) is 10.0 Å². The lowest BCUT2D eigenvalue weighted by molar-refractivity contribution is -0.224. The molecule has 0 saturated carbocycles. The van der Waals surface area contributed by atoms with Gasteiger partial charge in [-0.1, -0.05) is 35.4 Å². The van der Waals surface area contributed by atoms with E-state index in [0.29, 0.717) is 0 Å². The Kier molecular flexibility index (Phi) is 5.79. The predicted octanol–water partition coefficient (Wildman–Crippen LogP) is 1.48. The molecule has 6 atom stereocenters. The van der Waals surface area contributed by atoms with Gasteiger partial charge in [0.15, 0.2) is 12.1 Å². The van der Waals surface area contributed by atoms with Crippen LogP contribution in [-0.4, -0.2) is 59.4 Å². The molecule has 1 aromatic carbocycles. The number of aliphatic hydroxyl groups excluding tert-OH is 2. The van der Waals surface area contributed by atoms with Gasteiger partial charge in [0.1, 0.15) is 18.3 Å². The van der Waals surface area contributed by atoms with Crippen molar-refractivity contribution in [3.63, 3.8) is 0 Å². The van der Waals surface area contributed by atoms with Gasteiger partial charge in [0.05, 0.1) is 25.4 Å². The van der Waals surface area contributed by atoms with Crippen molar-refractivity contribution in [3.05, 3.63) is 46.3 Å². The fraction of sp³-hybridized carbons (Fsp3) is 0.647. The highest BCUT2D eigenvalue weighted by atomic mass is 16.8. The number of hydrogen-bond donors (Lipinski definition) is 2. The van der Waals surface area contributed by atoms with E-state index in [4.69, 9.17) is 24.5 Å². The fourth-order valence-electron chi connectivity index (χ4n) is 3.26. The van der Waals surface area contributed by atoms with E-state index in [9.17, 15) is 10.2 Å². The number of nitrogens with zero attached hydrogens (tertiary/aromatic N) is 3. The molecular formula is C17H23N3O6. The lowest BCUT2D eigenvalue weighted by Crippen LogP contribution is -2.47. The Morgan fingerprint density at radius 1 is 1.31 bits per heavy atom. The zero-order valence-corrected chi connectivity index (χ0v) is 14.6. The third-order valence-corrected chi connectivity index (χ3v) is 4.42. The first kappa shape index (κ1) is 19.1. The molecule has 0 unspecified atom stereocenters. The second-order valence-electron chi connectivity index (χ2n) is 6.78. The standard InChI is InChI=1S/C17H23N3O6/c1-17(2)25-15-14(23-9-10-6-4-3-5-7-10)13(24-16(15)26-17)12(19-20-18)11(22)8-21/h3-7,11-16,21-22H,8-9H2,1-2H3/t11-,12+,13+,14-,15+,16+/m0/s1. The van der Waals surface area contributed by atoms with E-state index in [0.717, 1.165) is 5.56 Å². The highest BCUT2D eigenvalue weighted by molar-refractivity contribution is 5.13. The van der Waals surface area contributed by atoms with Gasteiger partial charge in [-0.15, -0.1) is 0 Å². The van der Waals surface area contributed by atoms with Gasteiger partial charge in [0, 0.05) is 4.91 Å². The van der Waals surface area contributed by atoms with Crippen molar-refractivity contribution in [2.75, 3.05) is 6.61 Å². The molecule has 2 aliphatic rings. The van der Waals surface area contributed by atoms with Crippen molar-refractivity contribution >= 4 is 0 Å². The van der Waals surface area contributed by atoms with Gasteiger partial charge >= 0.3 is 0 Å². The van der Waals surface area contributed by atoms with Crippen molar-refractivity contribution in [2.24, 2.45) is 5.11 Å². The summed E-state index contributed by atoms with van der Waals surface area (Å²) in [6, 6.07) is 8.53.